The molecule has 0 aliphatic carbocycles. The third-order valence-corrected chi connectivity index (χ3v) is 3.20. The van der Waals surface area contributed by atoms with Crippen LogP contribution in [-0.2, 0) is 6.42 Å². The molecule has 1 N–H and O–H groups in total. The number of benzene rings is 1. The van der Waals surface area contributed by atoms with Gasteiger partial charge in [0.05, 0.1) is 0 Å². The van der Waals surface area contributed by atoms with Crippen LogP contribution in [0.3, 0.4) is 0 Å². The lowest BCUT2D eigenvalue weighted by Gasteiger charge is -2.28. The van der Waals surface area contributed by atoms with Gasteiger partial charge < -0.3 is 5.11 Å². The third kappa shape index (κ3) is 3.94. The first-order chi connectivity index (χ1) is 7.56. The molecule has 0 saturated carbocycles. The molecule has 2 unspecified atom stereocenters. The summed E-state index contributed by atoms with van der Waals surface area (Å²) in [5.74, 6) is 2.33. The van der Waals surface area contributed by atoms with Gasteiger partial charge in [-0.3, -0.25) is 4.90 Å². The van der Waals surface area contributed by atoms with Gasteiger partial charge in [-0.05, 0) is 25.5 Å². The second kappa shape index (κ2) is 6.01. The lowest BCUT2D eigenvalue weighted by molar-refractivity contribution is 0.0366. The fourth-order valence-electron chi connectivity index (χ4n) is 1.45. The Bertz CT molecular complexity index is 356. The van der Waals surface area contributed by atoms with Crippen LogP contribution < -0.4 is 0 Å². The predicted molar refractivity (Wildman–Crippen MR) is 70.9 cm³/mol. The Morgan fingerprint density at radius 3 is 2.62 bits per heavy atom. The van der Waals surface area contributed by atoms with Gasteiger partial charge in [0.15, 0.2) is 5.47 Å². The molecular formula is C13H18NOP. The van der Waals surface area contributed by atoms with E-state index in [-0.39, 0.29) is 0 Å². The normalized spacial score (nSPS) is 14.4. The summed E-state index contributed by atoms with van der Waals surface area (Å²) in [6.45, 7) is 0.763. The molecule has 0 radical (unpaired) electrons. The molecule has 1 aromatic carbocycles. The summed E-state index contributed by atoms with van der Waals surface area (Å²) in [5, 5.41) is 9.74. The molecule has 0 saturated heterocycles. The van der Waals surface area contributed by atoms with E-state index in [0.717, 1.165) is 19.4 Å². The molecule has 0 bridgehead atoms. The van der Waals surface area contributed by atoms with Crippen molar-refractivity contribution in [2.75, 3.05) is 13.6 Å². The highest BCUT2D eigenvalue weighted by Gasteiger charge is 2.22. The van der Waals surface area contributed by atoms with Crippen LogP contribution in [0.4, 0.5) is 0 Å². The maximum Gasteiger partial charge on any atom is 0.194 e. The average molecular weight is 235 g/mol. The van der Waals surface area contributed by atoms with Gasteiger partial charge in [-0.1, -0.05) is 45.5 Å². The zero-order valence-electron chi connectivity index (χ0n) is 9.56. The maximum atomic E-state index is 9.74. The molecule has 0 spiro atoms. The smallest absolute Gasteiger partial charge is 0.194 e. The van der Waals surface area contributed by atoms with Crippen molar-refractivity contribution in [3.63, 3.8) is 0 Å². The Kier molecular flexibility index (Phi) is 4.96. The molecule has 1 rings (SSSR count). The first kappa shape index (κ1) is 13.2. The van der Waals surface area contributed by atoms with Crippen molar-refractivity contribution in [2.45, 2.75) is 18.3 Å². The third-order valence-electron chi connectivity index (χ3n) is 2.60. The Labute approximate surface area is 99.9 Å². The van der Waals surface area contributed by atoms with Crippen molar-refractivity contribution in [3.8, 4) is 12.3 Å². The highest BCUT2D eigenvalue weighted by Crippen LogP contribution is 2.17. The molecule has 2 nitrogen and oxygen atoms in total. The predicted octanol–water partition coefficient (Wildman–Crippen LogP) is 1.71. The van der Waals surface area contributed by atoms with Gasteiger partial charge in [-0.15, -0.1) is 6.42 Å². The molecule has 16 heavy (non-hydrogen) atoms. The number of nitrogens with zero attached hydrogens (tertiary/aromatic N) is 1. The van der Waals surface area contributed by atoms with E-state index in [1.807, 2.05) is 25.2 Å². The molecule has 86 valence electrons. The summed E-state index contributed by atoms with van der Waals surface area (Å²) in [5.41, 5.74) is 0.0837. The van der Waals surface area contributed by atoms with Gasteiger partial charge in [0, 0.05) is 6.54 Å². The van der Waals surface area contributed by atoms with Crippen LogP contribution in [0.15, 0.2) is 30.3 Å². The van der Waals surface area contributed by atoms with E-state index in [9.17, 15) is 5.11 Å². The minimum Gasteiger partial charge on any atom is -0.362 e. The monoisotopic (exact) mass is 235 g/mol. The largest absolute Gasteiger partial charge is 0.362 e. The molecule has 2 atom stereocenters. The summed E-state index contributed by atoms with van der Waals surface area (Å²) in [4.78, 5) is 1.75. The van der Waals surface area contributed by atoms with E-state index in [0.29, 0.717) is 0 Å². The summed E-state index contributed by atoms with van der Waals surface area (Å²) in [7, 11) is 4.09. The van der Waals surface area contributed by atoms with Crippen LogP contribution in [0.5, 0.6) is 0 Å². The molecule has 0 aromatic heterocycles. The minimum absolute atomic E-state index is 0.763. The molecule has 0 fully saturated rings. The highest BCUT2D eigenvalue weighted by molar-refractivity contribution is 7.19. The number of hydrogen-bond acceptors (Lipinski definition) is 2. The van der Waals surface area contributed by atoms with Crippen LogP contribution in [0.25, 0.3) is 0 Å². The summed E-state index contributed by atoms with van der Waals surface area (Å²) < 4.78 is 0. The van der Waals surface area contributed by atoms with Gasteiger partial charge in [0.2, 0.25) is 0 Å². The number of hydrogen-bond donors (Lipinski definition) is 1. The summed E-state index contributed by atoms with van der Waals surface area (Å²) in [6, 6.07) is 10.3. The minimum atomic E-state index is -1.23. The number of rotatable bonds is 5. The van der Waals surface area contributed by atoms with Crippen molar-refractivity contribution < 1.29 is 5.11 Å². The first-order valence-electron chi connectivity index (χ1n) is 5.30. The van der Waals surface area contributed by atoms with Gasteiger partial charge in [0.1, 0.15) is 0 Å². The van der Waals surface area contributed by atoms with E-state index in [4.69, 9.17) is 6.42 Å². The zero-order chi connectivity index (χ0) is 12.0. The molecule has 0 aliphatic heterocycles. The van der Waals surface area contributed by atoms with E-state index < -0.39 is 5.47 Å². The van der Waals surface area contributed by atoms with E-state index in [1.54, 1.807) is 4.90 Å². The van der Waals surface area contributed by atoms with E-state index in [1.165, 1.54) is 5.56 Å². The van der Waals surface area contributed by atoms with Gasteiger partial charge >= 0.3 is 0 Å². The molecule has 3 heteroatoms. The maximum absolute atomic E-state index is 9.74. The average Bonchev–Trinajstić information content (AvgIpc) is 2.30. The standard InChI is InChI=1S/C13H18NOP/c1-3-13(15,16)14(2)11-7-10-12-8-5-4-6-9-12/h1,4-6,8-9,15H,7,10-11,16H2,2H3. The molecule has 1 aromatic rings. The Morgan fingerprint density at radius 2 is 2.06 bits per heavy atom. The van der Waals surface area contributed by atoms with Crippen molar-refractivity contribution in [2.24, 2.45) is 0 Å². The van der Waals surface area contributed by atoms with Crippen molar-refractivity contribution in [1.82, 2.24) is 4.90 Å². The van der Waals surface area contributed by atoms with Gasteiger partial charge in [-0.2, -0.15) is 0 Å². The van der Waals surface area contributed by atoms with Crippen LogP contribution >= 0.6 is 9.24 Å². The van der Waals surface area contributed by atoms with Gasteiger partial charge in [-0.25, -0.2) is 0 Å². The van der Waals surface area contributed by atoms with Crippen molar-refractivity contribution in [1.29, 1.82) is 0 Å². The summed E-state index contributed by atoms with van der Waals surface area (Å²) in [6.07, 6.45) is 7.20. The fourth-order valence-corrected chi connectivity index (χ4v) is 1.57. The first-order valence-corrected chi connectivity index (χ1v) is 5.88. The number of aliphatic hydroxyl groups is 1. The Morgan fingerprint density at radius 1 is 1.44 bits per heavy atom. The quantitative estimate of drug-likeness (QED) is 0.477. The van der Waals surface area contributed by atoms with Crippen LogP contribution in [-0.4, -0.2) is 29.1 Å². The number of aryl methyl sites for hydroxylation is 1. The lowest BCUT2D eigenvalue weighted by Crippen LogP contribution is -2.40. The van der Waals surface area contributed by atoms with Gasteiger partial charge in [0.25, 0.3) is 0 Å². The molecular weight excluding hydrogens is 217 g/mol. The second-order valence-electron chi connectivity index (χ2n) is 3.88. The Hall–Kier alpha value is -0.870. The summed E-state index contributed by atoms with van der Waals surface area (Å²) >= 11 is 0. The topological polar surface area (TPSA) is 23.5 Å². The SMILES string of the molecule is C#CC(O)(P)N(C)CCCc1ccccc1. The zero-order valence-corrected chi connectivity index (χ0v) is 10.7. The van der Waals surface area contributed by atoms with E-state index >= 15 is 0 Å². The Balaban J connectivity index is 2.35. The fraction of sp³-hybridized carbons (Fsp3) is 0.385. The molecule has 0 heterocycles. The van der Waals surface area contributed by atoms with Crippen LogP contribution in [0, 0.1) is 12.3 Å². The van der Waals surface area contributed by atoms with Crippen molar-refractivity contribution >= 4 is 9.24 Å². The highest BCUT2D eigenvalue weighted by atomic mass is 31.0. The van der Waals surface area contributed by atoms with Crippen LogP contribution in [0.2, 0.25) is 0 Å². The van der Waals surface area contributed by atoms with Crippen LogP contribution in [0.1, 0.15) is 12.0 Å². The lowest BCUT2D eigenvalue weighted by atomic mass is 10.1. The number of terminal acetylenes is 1. The van der Waals surface area contributed by atoms with Crippen molar-refractivity contribution in [3.05, 3.63) is 35.9 Å². The van der Waals surface area contributed by atoms with E-state index in [2.05, 4.69) is 27.3 Å². The molecule has 0 aliphatic rings. The second-order valence-corrected chi connectivity index (χ2v) is 4.69. The molecule has 0 amide bonds.